The average molecular weight is 761 g/mol. The van der Waals surface area contributed by atoms with Gasteiger partial charge in [-0.2, -0.15) is 26.3 Å². The zero-order valence-electron chi connectivity index (χ0n) is 29.7. The first-order valence-electron chi connectivity index (χ1n) is 17.1. The van der Waals surface area contributed by atoms with Crippen LogP contribution >= 0.6 is 12.4 Å². The average Bonchev–Trinajstić information content (AvgIpc) is 3.09. The smallest absolute Gasteiger partial charge is 0.433 e. The monoisotopic (exact) mass is 760 g/mol. The number of benzene rings is 2. The molecule has 0 unspecified atom stereocenters. The molecular weight excluding hydrogens is 718 g/mol. The summed E-state index contributed by atoms with van der Waals surface area (Å²) in [5.41, 5.74) is 3.14. The Balaban J connectivity index is 0.000000235. The SMILES string of the molecule is CC(C)(C)N1CCC(=Cc2cccc(Oc3ccc(C(F)(F)F)nc3)c2)CC1.Cl.FC(F)(F)c1ccc(Oc2cccc(C=C3CCNCC3)c2)cn1. The summed E-state index contributed by atoms with van der Waals surface area (Å²) < 4.78 is 86.6. The molecule has 2 aromatic heterocycles. The first kappa shape index (κ1) is 41.4. The van der Waals surface area contributed by atoms with E-state index in [1.54, 1.807) is 12.1 Å². The van der Waals surface area contributed by atoms with E-state index in [1.807, 2.05) is 36.4 Å². The van der Waals surface area contributed by atoms with Crippen molar-refractivity contribution in [1.82, 2.24) is 20.2 Å². The molecule has 2 saturated heterocycles. The third kappa shape index (κ3) is 12.9. The van der Waals surface area contributed by atoms with Crippen LogP contribution in [0.3, 0.4) is 0 Å². The molecule has 2 aromatic carbocycles. The van der Waals surface area contributed by atoms with E-state index in [2.05, 4.69) is 53.1 Å². The van der Waals surface area contributed by atoms with Gasteiger partial charge in [0.25, 0.3) is 0 Å². The molecule has 0 saturated carbocycles. The number of ether oxygens (including phenoxy) is 2. The van der Waals surface area contributed by atoms with E-state index in [-0.39, 0.29) is 29.4 Å². The van der Waals surface area contributed by atoms with Crippen LogP contribution in [0, 0.1) is 0 Å². The van der Waals surface area contributed by atoms with E-state index in [4.69, 9.17) is 9.47 Å². The van der Waals surface area contributed by atoms with Crippen LogP contribution in [-0.2, 0) is 12.4 Å². The summed E-state index contributed by atoms with van der Waals surface area (Å²) in [6.07, 6.45) is 1.71. The Hall–Kier alpha value is -4.39. The van der Waals surface area contributed by atoms with Crippen LogP contribution in [0.25, 0.3) is 12.2 Å². The first-order chi connectivity index (χ1) is 24.6. The molecule has 6 rings (SSSR count). The van der Waals surface area contributed by atoms with E-state index in [0.29, 0.717) is 11.5 Å². The number of alkyl halides is 6. The molecule has 0 radical (unpaired) electrons. The van der Waals surface area contributed by atoms with Crippen LogP contribution in [0.4, 0.5) is 26.3 Å². The molecule has 4 aromatic rings. The highest BCUT2D eigenvalue weighted by Gasteiger charge is 2.33. The molecule has 1 N–H and O–H groups in total. The van der Waals surface area contributed by atoms with Gasteiger partial charge in [0.15, 0.2) is 0 Å². The highest BCUT2D eigenvalue weighted by atomic mass is 35.5. The number of likely N-dealkylation sites (tertiary alicyclic amines) is 1. The standard InChI is InChI=1S/C22H25F3N2O.C18H17F3N2O.ClH/c1-21(2,3)27-11-9-16(10-12-27)13-17-5-4-6-18(14-17)28-19-7-8-20(26-15-19)22(23,24)25;19-18(20,21)17-5-4-16(12-23-17)24-15-3-1-2-14(11-15)10-13-6-8-22-9-7-13;/h4-8,13-15H,9-12H2,1-3H3;1-5,10-12,22H,6-9H2;1H. The molecule has 2 aliphatic heterocycles. The maximum Gasteiger partial charge on any atom is 0.433 e. The topological polar surface area (TPSA) is 59.5 Å². The fraction of sp³-hybridized carbons (Fsp3) is 0.350. The van der Waals surface area contributed by atoms with E-state index in [9.17, 15) is 26.3 Å². The number of pyridine rings is 2. The van der Waals surface area contributed by atoms with Gasteiger partial charge in [0.1, 0.15) is 34.4 Å². The number of hydrogen-bond donors (Lipinski definition) is 1. The van der Waals surface area contributed by atoms with Crippen LogP contribution in [0.5, 0.6) is 23.0 Å². The second kappa shape index (κ2) is 18.1. The molecule has 0 bridgehead atoms. The maximum atomic E-state index is 12.6. The fourth-order valence-electron chi connectivity index (χ4n) is 5.80. The number of nitrogens with one attached hydrogen (secondary N) is 1. The van der Waals surface area contributed by atoms with Crippen molar-refractivity contribution in [3.8, 4) is 23.0 Å². The van der Waals surface area contributed by atoms with Gasteiger partial charge in [-0.3, -0.25) is 4.90 Å². The molecule has 13 heteroatoms. The minimum Gasteiger partial charge on any atom is -0.456 e. The third-order valence-electron chi connectivity index (χ3n) is 8.58. The van der Waals surface area contributed by atoms with Gasteiger partial charge >= 0.3 is 12.4 Å². The van der Waals surface area contributed by atoms with Crippen molar-refractivity contribution >= 4 is 24.6 Å². The number of hydrogen-bond acceptors (Lipinski definition) is 6. The Morgan fingerprint density at radius 3 is 1.42 bits per heavy atom. The van der Waals surface area contributed by atoms with Gasteiger partial charge in [-0.25, -0.2) is 9.97 Å². The molecule has 0 amide bonds. The lowest BCUT2D eigenvalue weighted by atomic mass is 9.96. The fourth-order valence-corrected chi connectivity index (χ4v) is 5.80. The van der Waals surface area contributed by atoms with Gasteiger partial charge in [-0.15, -0.1) is 12.4 Å². The number of halogens is 7. The third-order valence-corrected chi connectivity index (χ3v) is 8.58. The lowest BCUT2D eigenvalue weighted by Gasteiger charge is -2.39. The number of aromatic nitrogens is 2. The van der Waals surface area contributed by atoms with E-state index < -0.39 is 23.7 Å². The zero-order valence-corrected chi connectivity index (χ0v) is 30.5. The van der Waals surface area contributed by atoms with E-state index in [0.717, 1.165) is 87.5 Å². The molecule has 4 heterocycles. The predicted molar refractivity (Wildman–Crippen MR) is 197 cm³/mol. The van der Waals surface area contributed by atoms with Crippen molar-refractivity contribution in [3.63, 3.8) is 0 Å². The van der Waals surface area contributed by atoms with Gasteiger partial charge in [0, 0.05) is 18.6 Å². The molecule has 284 valence electrons. The molecule has 6 nitrogen and oxygen atoms in total. The summed E-state index contributed by atoms with van der Waals surface area (Å²) in [4.78, 5) is 9.30. The Kier molecular flexibility index (Phi) is 14.1. The Morgan fingerprint density at radius 1 is 0.604 bits per heavy atom. The van der Waals surface area contributed by atoms with Crippen molar-refractivity contribution < 1.29 is 35.8 Å². The highest BCUT2D eigenvalue weighted by Crippen LogP contribution is 2.32. The normalized spacial score (nSPS) is 15.4. The van der Waals surface area contributed by atoms with Crippen LogP contribution in [0.15, 0.2) is 96.3 Å². The van der Waals surface area contributed by atoms with Gasteiger partial charge in [-0.1, -0.05) is 47.6 Å². The maximum absolute atomic E-state index is 12.6. The lowest BCUT2D eigenvalue weighted by Crippen LogP contribution is -2.44. The summed E-state index contributed by atoms with van der Waals surface area (Å²) in [5, 5.41) is 3.31. The van der Waals surface area contributed by atoms with Crippen LogP contribution in [-0.4, -0.2) is 46.6 Å². The molecule has 2 aliphatic rings. The van der Waals surface area contributed by atoms with Crippen molar-refractivity contribution in [2.75, 3.05) is 26.2 Å². The van der Waals surface area contributed by atoms with Crippen LogP contribution in [0.1, 0.15) is 69.0 Å². The summed E-state index contributed by atoms with van der Waals surface area (Å²) >= 11 is 0. The van der Waals surface area contributed by atoms with Crippen molar-refractivity contribution in [3.05, 3.63) is 119 Å². The summed E-state index contributed by atoms with van der Waals surface area (Å²) in [7, 11) is 0. The molecule has 0 aliphatic carbocycles. The van der Waals surface area contributed by atoms with E-state index >= 15 is 0 Å². The van der Waals surface area contributed by atoms with Gasteiger partial charge in [0.2, 0.25) is 0 Å². The second-order valence-corrected chi connectivity index (χ2v) is 13.6. The zero-order chi connectivity index (χ0) is 37.4. The van der Waals surface area contributed by atoms with Crippen LogP contribution in [0.2, 0.25) is 0 Å². The van der Waals surface area contributed by atoms with Crippen molar-refractivity contribution in [2.24, 2.45) is 0 Å². The summed E-state index contributed by atoms with van der Waals surface area (Å²) in [6, 6.07) is 19.4. The highest BCUT2D eigenvalue weighted by molar-refractivity contribution is 5.85. The van der Waals surface area contributed by atoms with Gasteiger partial charge < -0.3 is 14.8 Å². The first-order valence-corrected chi connectivity index (χ1v) is 17.1. The minimum atomic E-state index is -4.45. The summed E-state index contributed by atoms with van der Waals surface area (Å²) in [6.45, 7) is 10.8. The molecule has 53 heavy (non-hydrogen) atoms. The molecule has 0 atom stereocenters. The predicted octanol–water partition coefficient (Wildman–Crippen LogP) is 11.3. The van der Waals surface area contributed by atoms with E-state index in [1.165, 1.54) is 23.3 Å². The Labute approximate surface area is 312 Å². The van der Waals surface area contributed by atoms with Crippen molar-refractivity contribution in [1.29, 1.82) is 0 Å². The quantitative estimate of drug-likeness (QED) is 0.198. The van der Waals surface area contributed by atoms with Gasteiger partial charge in [-0.05, 0) is 119 Å². The molecule has 0 spiro atoms. The van der Waals surface area contributed by atoms with Crippen molar-refractivity contribution in [2.45, 2.75) is 64.3 Å². The number of nitrogens with zero attached hydrogens (tertiary/aromatic N) is 3. The Morgan fingerprint density at radius 2 is 1.04 bits per heavy atom. The lowest BCUT2D eigenvalue weighted by molar-refractivity contribution is -0.142. The van der Waals surface area contributed by atoms with Gasteiger partial charge in [0.05, 0.1) is 12.4 Å². The van der Waals surface area contributed by atoms with Crippen LogP contribution < -0.4 is 14.8 Å². The minimum absolute atomic E-state index is 0. The molecular formula is C40H43ClF6N4O2. The largest absolute Gasteiger partial charge is 0.456 e. The number of rotatable bonds is 6. The second-order valence-electron chi connectivity index (χ2n) is 13.6. The summed E-state index contributed by atoms with van der Waals surface area (Å²) in [5.74, 6) is 1.69. The molecule has 2 fully saturated rings. The Bertz CT molecular complexity index is 1820. The number of piperidine rings is 2.